The third kappa shape index (κ3) is 2.74. The molecule has 1 aliphatic rings. The van der Waals surface area contributed by atoms with Gasteiger partial charge in [0.2, 0.25) is 0 Å². The van der Waals surface area contributed by atoms with Crippen LogP contribution in [0.3, 0.4) is 0 Å². The van der Waals surface area contributed by atoms with Crippen LogP contribution in [0.2, 0.25) is 0 Å². The maximum absolute atomic E-state index is 11.0. The SMILES string of the molecule is Cc1c(N(C)c2ccc(C(=O)O)cn2)sc2c1C(C)(C)CCC2. The van der Waals surface area contributed by atoms with Crippen molar-refractivity contribution in [3.8, 4) is 0 Å². The Labute approximate surface area is 140 Å². The van der Waals surface area contributed by atoms with Gasteiger partial charge in [-0.2, -0.15) is 0 Å². The molecule has 0 aromatic carbocycles. The summed E-state index contributed by atoms with van der Waals surface area (Å²) >= 11 is 1.85. The van der Waals surface area contributed by atoms with E-state index in [0.717, 1.165) is 12.2 Å². The van der Waals surface area contributed by atoms with Gasteiger partial charge in [-0.1, -0.05) is 13.8 Å². The van der Waals surface area contributed by atoms with Gasteiger partial charge in [0, 0.05) is 18.1 Å². The number of nitrogens with zero attached hydrogens (tertiary/aromatic N) is 2. The number of hydrogen-bond acceptors (Lipinski definition) is 4. The summed E-state index contributed by atoms with van der Waals surface area (Å²) in [6.07, 6.45) is 5.05. The third-order valence-electron chi connectivity index (χ3n) is 4.72. The summed E-state index contributed by atoms with van der Waals surface area (Å²) in [6, 6.07) is 3.38. The van der Waals surface area contributed by atoms with E-state index in [0.29, 0.717) is 0 Å². The first-order valence-corrected chi connectivity index (χ1v) is 8.69. The van der Waals surface area contributed by atoms with Crippen LogP contribution in [0.4, 0.5) is 10.8 Å². The molecule has 3 rings (SSSR count). The topological polar surface area (TPSA) is 53.4 Å². The molecule has 2 aromatic rings. The summed E-state index contributed by atoms with van der Waals surface area (Å²) in [5.41, 5.74) is 3.28. The number of carboxylic acid groups (broad SMARTS) is 1. The molecule has 5 heteroatoms. The van der Waals surface area contributed by atoms with Crippen LogP contribution in [-0.4, -0.2) is 23.1 Å². The van der Waals surface area contributed by atoms with Gasteiger partial charge in [-0.05, 0) is 54.9 Å². The number of aromatic carboxylic acids is 1. The highest BCUT2D eigenvalue weighted by molar-refractivity contribution is 7.16. The number of pyridine rings is 1. The smallest absolute Gasteiger partial charge is 0.337 e. The quantitative estimate of drug-likeness (QED) is 0.898. The van der Waals surface area contributed by atoms with Gasteiger partial charge in [-0.3, -0.25) is 0 Å². The Morgan fingerprint density at radius 3 is 2.70 bits per heavy atom. The minimum Gasteiger partial charge on any atom is -0.478 e. The van der Waals surface area contributed by atoms with Crippen molar-refractivity contribution in [3.05, 3.63) is 39.9 Å². The van der Waals surface area contributed by atoms with E-state index < -0.39 is 5.97 Å². The van der Waals surface area contributed by atoms with Crippen LogP contribution >= 0.6 is 11.3 Å². The minimum absolute atomic E-state index is 0.213. The van der Waals surface area contributed by atoms with E-state index in [1.807, 2.05) is 18.4 Å². The second-order valence-electron chi connectivity index (χ2n) is 6.84. The molecule has 1 aliphatic carbocycles. The number of carbonyl (C=O) groups is 1. The maximum atomic E-state index is 11.0. The van der Waals surface area contributed by atoms with E-state index in [2.05, 4.69) is 30.7 Å². The number of aryl methyl sites for hydroxylation is 1. The van der Waals surface area contributed by atoms with Crippen molar-refractivity contribution < 1.29 is 9.90 Å². The van der Waals surface area contributed by atoms with Crippen LogP contribution in [-0.2, 0) is 11.8 Å². The molecule has 23 heavy (non-hydrogen) atoms. The first-order chi connectivity index (χ1) is 10.8. The molecule has 0 spiro atoms. The van der Waals surface area contributed by atoms with Crippen molar-refractivity contribution in [2.45, 2.75) is 45.4 Å². The van der Waals surface area contributed by atoms with Crippen molar-refractivity contribution in [1.82, 2.24) is 4.98 Å². The van der Waals surface area contributed by atoms with E-state index in [-0.39, 0.29) is 11.0 Å². The molecule has 2 heterocycles. The average Bonchev–Trinajstić information content (AvgIpc) is 2.84. The predicted molar refractivity (Wildman–Crippen MR) is 94.3 cm³/mol. The molecule has 0 saturated carbocycles. The summed E-state index contributed by atoms with van der Waals surface area (Å²) in [7, 11) is 2.00. The fraction of sp³-hybridized carbons (Fsp3) is 0.444. The van der Waals surface area contributed by atoms with Crippen LogP contribution in [0.15, 0.2) is 18.3 Å². The molecular formula is C18H22N2O2S. The largest absolute Gasteiger partial charge is 0.478 e. The Kier molecular flexibility index (Phi) is 3.92. The molecule has 1 N–H and O–H groups in total. The zero-order chi connectivity index (χ0) is 16.8. The summed E-state index contributed by atoms with van der Waals surface area (Å²) < 4.78 is 0. The van der Waals surface area contributed by atoms with Crippen molar-refractivity contribution in [1.29, 1.82) is 0 Å². The second-order valence-corrected chi connectivity index (χ2v) is 7.92. The number of rotatable bonds is 3. The molecule has 122 valence electrons. The van der Waals surface area contributed by atoms with Crippen LogP contribution in [0.25, 0.3) is 0 Å². The minimum atomic E-state index is -0.948. The Morgan fingerprint density at radius 2 is 2.13 bits per heavy atom. The van der Waals surface area contributed by atoms with Crippen LogP contribution < -0.4 is 4.90 Å². The second kappa shape index (κ2) is 5.64. The fourth-order valence-electron chi connectivity index (χ4n) is 3.57. The lowest BCUT2D eigenvalue weighted by Crippen LogP contribution is -2.23. The lowest BCUT2D eigenvalue weighted by atomic mass is 9.74. The van der Waals surface area contributed by atoms with Gasteiger partial charge in [0.15, 0.2) is 0 Å². The highest BCUT2D eigenvalue weighted by Gasteiger charge is 2.33. The fourth-order valence-corrected chi connectivity index (χ4v) is 5.07. The normalized spacial score (nSPS) is 16.0. The van der Waals surface area contributed by atoms with Gasteiger partial charge in [0.1, 0.15) is 5.82 Å². The molecule has 4 nitrogen and oxygen atoms in total. The molecule has 0 bridgehead atoms. The number of thiophene rings is 1. The highest BCUT2D eigenvalue weighted by atomic mass is 32.1. The predicted octanol–water partition coefficient (Wildman–Crippen LogP) is 4.53. The lowest BCUT2D eigenvalue weighted by molar-refractivity contribution is 0.0696. The molecule has 0 radical (unpaired) electrons. The van der Waals surface area contributed by atoms with Gasteiger partial charge in [0.05, 0.1) is 10.6 Å². The summed E-state index contributed by atoms with van der Waals surface area (Å²) in [6.45, 7) is 6.85. The summed E-state index contributed by atoms with van der Waals surface area (Å²) in [4.78, 5) is 18.8. The monoisotopic (exact) mass is 330 g/mol. The van der Waals surface area contributed by atoms with Gasteiger partial charge in [0.25, 0.3) is 0 Å². The van der Waals surface area contributed by atoms with Crippen LogP contribution in [0, 0.1) is 6.92 Å². The molecule has 0 atom stereocenters. The number of aromatic nitrogens is 1. The van der Waals surface area contributed by atoms with Gasteiger partial charge in [-0.15, -0.1) is 11.3 Å². The lowest BCUT2D eigenvalue weighted by Gasteiger charge is -2.31. The van der Waals surface area contributed by atoms with E-state index in [1.54, 1.807) is 12.1 Å². The zero-order valence-electron chi connectivity index (χ0n) is 14.0. The molecule has 0 fully saturated rings. The number of fused-ring (bicyclic) bond motifs is 1. The third-order valence-corrected chi connectivity index (χ3v) is 6.15. The van der Waals surface area contributed by atoms with Crippen molar-refractivity contribution in [2.75, 3.05) is 11.9 Å². The van der Waals surface area contributed by atoms with E-state index in [9.17, 15) is 4.79 Å². The molecule has 0 amide bonds. The number of anilines is 2. The number of hydrogen-bond donors (Lipinski definition) is 1. The molecule has 0 saturated heterocycles. The molecule has 2 aromatic heterocycles. The summed E-state index contributed by atoms with van der Waals surface area (Å²) in [5.74, 6) is -0.175. The Bertz CT molecular complexity index is 747. The first-order valence-electron chi connectivity index (χ1n) is 7.87. The first kappa shape index (κ1) is 16.0. The summed E-state index contributed by atoms with van der Waals surface area (Å²) in [5, 5.41) is 10.2. The average molecular weight is 330 g/mol. The molecule has 0 aliphatic heterocycles. The Morgan fingerprint density at radius 1 is 1.39 bits per heavy atom. The van der Waals surface area contributed by atoms with Gasteiger partial charge in [-0.25, -0.2) is 9.78 Å². The van der Waals surface area contributed by atoms with Crippen molar-refractivity contribution in [3.63, 3.8) is 0 Å². The zero-order valence-corrected chi connectivity index (χ0v) is 14.8. The molecular weight excluding hydrogens is 308 g/mol. The van der Waals surface area contributed by atoms with Gasteiger partial charge < -0.3 is 10.0 Å². The number of carboxylic acids is 1. The van der Waals surface area contributed by atoms with Crippen molar-refractivity contribution in [2.24, 2.45) is 0 Å². The van der Waals surface area contributed by atoms with Gasteiger partial charge >= 0.3 is 5.97 Å². The van der Waals surface area contributed by atoms with E-state index >= 15 is 0 Å². The van der Waals surface area contributed by atoms with Crippen LogP contribution in [0.5, 0.6) is 0 Å². The standard InChI is InChI=1S/C18H22N2O2S/c1-11-15-13(6-5-9-18(15,2)3)23-16(11)20(4)14-8-7-12(10-19-14)17(21)22/h7-8,10H,5-6,9H2,1-4H3,(H,21,22). The molecule has 0 unspecified atom stereocenters. The van der Waals surface area contributed by atoms with E-state index in [4.69, 9.17) is 5.11 Å². The highest BCUT2D eigenvalue weighted by Crippen LogP contribution is 2.47. The Hall–Kier alpha value is -1.88. The van der Waals surface area contributed by atoms with E-state index in [1.165, 1.54) is 40.0 Å². The van der Waals surface area contributed by atoms with Crippen molar-refractivity contribution >= 4 is 28.1 Å². The Balaban J connectivity index is 1.99. The van der Waals surface area contributed by atoms with Crippen LogP contribution in [0.1, 0.15) is 53.1 Å². The maximum Gasteiger partial charge on any atom is 0.337 e.